The molecule has 2 atom stereocenters. The maximum absolute atomic E-state index is 12.6. The number of carbonyl (C=O) groups excluding carboxylic acids is 2. The van der Waals surface area contributed by atoms with Crippen LogP contribution in [0.25, 0.3) is 0 Å². The molecule has 1 aromatic rings. The van der Waals surface area contributed by atoms with Gasteiger partial charge in [-0.2, -0.15) is 4.98 Å². The topological polar surface area (TPSA) is 84.7 Å². The van der Waals surface area contributed by atoms with Crippen LogP contribution >= 0.6 is 15.9 Å². The van der Waals surface area contributed by atoms with E-state index in [0.717, 1.165) is 25.7 Å². The van der Waals surface area contributed by atoms with Gasteiger partial charge in [0.05, 0.1) is 0 Å². The Morgan fingerprint density at radius 1 is 1.33 bits per heavy atom. The standard InChI is InChI=1S/C16H22BrN3O4/c1-16(2,3)24-15(22)18-9-6-10-4-5-11(7-9)20(10)14(21)13-19-12(17)8-23-13/h8-11H,4-7H2,1-3H3,(H,18,22). The smallest absolute Gasteiger partial charge is 0.407 e. The Labute approximate surface area is 149 Å². The van der Waals surface area contributed by atoms with Crippen LogP contribution in [0.5, 0.6) is 0 Å². The van der Waals surface area contributed by atoms with Gasteiger partial charge in [-0.15, -0.1) is 0 Å². The number of amides is 2. The van der Waals surface area contributed by atoms with E-state index in [0.29, 0.717) is 4.60 Å². The molecule has 7 nitrogen and oxygen atoms in total. The van der Waals surface area contributed by atoms with Crippen molar-refractivity contribution in [3.63, 3.8) is 0 Å². The minimum atomic E-state index is -0.516. The molecule has 2 bridgehead atoms. The lowest BCUT2D eigenvalue weighted by molar-refractivity contribution is 0.0403. The van der Waals surface area contributed by atoms with E-state index in [4.69, 9.17) is 9.15 Å². The van der Waals surface area contributed by atoms with Crippen molar-refractivity contribution in [3.8, 4) is 0 Å². The number of ether oxygens (including phenoxy) is 1. The summed E-state index contributed by atoms with van der Waals surface area (Å²) in [5.41, 5.74) is -0.516. The second-order valence-corrected chi connectivity index (χ2v) is 8.20. The highest BCUT2D eigenvalue weighted by Crippen LogP contribution is 2.37. The van der Waals surface area contributed by atoms with Gasteiger partial charge in [0.25, 0.3) is 5.89 Å². The number of fused-ring (bicyclic) bond motifs is 2. The van der Waals surface area contributed by atoms with Gasteiger partial charge in [0.2, 0.25) is 0 Å². The molecule has 8 heteroatoms. The fourth-order valence-electron chi connectivity index (χ4n) is 3.56. The largest absolute Gasteiger partial charge is 0.444 e. The van der Waals surface area contributed by atoms with Crippen LogP contribution in [0.4, 0.5) is 4.79 Å². The number of aromatic nitrogens is 1. The number of nitrogens with one attached hydrogen (secondary N) is 1. The van der Waals surface area contributed by atoms with E-state index in [9.17, 15) is 9.59 Å². The molecule has 2 aliphatic rings. The highest BCUT2D eigenvalue weighted by atomic mass is 79.9. The van der Waals surface area contributed by atoms with E-state index in [-0.39, 0.29) is 29.9 Å². The molecule has 0 aliphatic carbocycles. The fourth-order valence-corrected chi connectivity index (χ4v) is 3.82. The molecule has 0 aromatic carbocycles. The average molecular weight is 400 g/mol. The first-order valence-corrected chi connectivity index (χ1v) is 8.95. The molecule has 1 N–H and O–H groups in total. The summed E-state index contributed by atoms with van der Waals surface area (Å²) < 4.78 is 11.0. The van der Waals surface area contributed by atoms with Crippen LogP contribution in [0.1, 0.15) is 57.1 Å². The second kappa shape index (κ2) is 6.38. The number of hydrogen-bond acceptors (Lipinski definition) is 5. The van der Waals surface area contributed by atoms with Crippen molar-refractivity contribution in [3.05, 3.63) is 16.8 Å². The number of hydrogen-bond donors (Lipinski definition) is 1. The van der Waals surface area contributed by atoms with Gasteiger partial charge in [0, 0.05) is 18.1 Å². The first-order valence-electron chi connectivity index (χ1n) is 8.16. The summed E-state index contributed by atoms with van der Waals surface area (Å²) in [5, 5.41) is 2.93. The average Bonchev–Trinajstić information content (AvgIpc) is 2.98. The molecule has 3 rings (SSSR count). The van der Waals surface area contributed by atoms with Crippen molar-refractivity contribution in [2.45, 2.75) is 70.2 Å². The lowest BCUT2D eigenvalue weighted by Gasteiger charge is -2.38. The maximum Gasteiger partial charge on any atom is 0.407 e. The van der Waals surface area contributed by atoms with Crippen LogP contribution in [-0.2, 0) is 4.74 Å². The van der Waals surface area contributed by atoms with E-state index in [1.807, 2.05) is 25.7 Å². The van der Waals surface area contributed by atoms with E-state index in [1.165, 1.54) is 6.26 Å². The molecule has 2 aliphatic heterocycles. The van der Waals surface area contributed by atoms with Gasteiger partial charge in [0.15, 0.2) is 0 Å². The zero-order valence-electron chi connectivity index (χ0n) is 14.0. The molecule has 3 heterocycles. The monoisotopic (exact) mass is 399 g/mol. The summed E-state index contributed by atoms with van der Waals surface area (Å²) in [7, 11) is 0. The third kappa shape index (κ3) is 3.74. The molecule has 0 saturated carbocycles. The SMILES string of the molecule is CC(C)(C)OC(=O)NC1CC2CCC(C1)N2C(=O)c1nc(Br)co1. The zero-order chi connectivity index (χ0) is 17.5. The van der Waals surface area contributed by atoms with Gasteiger partial charge < -0.3 is 19.4 Å². The Hall–Kier alpha value is -1.57. The first-order chi connectivity index (χ1) is 11.2. The third-order valence-electron chi connectivity index (χ3n) is 4.35. The summed E-state index contributed by atoms with van der Waals surface area (Å²) >= 11 is 3.19. The van der Waals surface area contributed by atoms with Crippen molar-refractivity contribution in [2.24, 2.45) is 0 Å². The van der Waals surface area contributed by atoms with Gasteiger partial charge in [-0.3, -0.25) is 4.79 Å². The van der Waals surface area contributed by atoms with Gasteiger partial charge in [0.1, 0.15) is 16.5 Å². The molecule has 2 unspecified atom stereocenters. The molecule has 1 aromatic heterocycles. The van der Waals surface area contributed by atoms with Crippen molar-refractivity contribution < 1.29 is 18.7 Å². The van der Waals surface area contributed by atoms with Gasteiger partial charge in [-0.05, 0) is 62.4 Å². The van der Waals surface area contributed by atoms with Gasteiger partial charge in [-0.25, -0.2) is 4.79 Å². The Morgan fingerprint density at radius 3 is 2.46 bits per heavy atom. The summed E-state index contributed by atoms with van der Waals surface area (Å²) in [6, 6.07) is 0.224. The Bertz CT molecular complexity index is 626. The van der Waals surface area contributed by atoms with Crippen LogP contribution in [0.15, 0.2) is 15.3 Å². The number of halogens is 1. The van der Waals surface area contributed by atoms with Crippen LogP contribution < -0.4 is 5.32 Å². The van der Waals surface area contributed by atoms with Crippen molar-refractivity contribution in [1.82, 2.24) is 15.2 Å². The normalized spacial score (nSPS) is 26.3. The second-order valence-electron chi connectivity index (χ2n) is 7.39. The highest BCUT2D eigenvalue weighted by Gasteiger charge is 2.45. The Morgan fingerprint density at radius 2 is 1.96 bits per heavy atom. The molecule has 132 valence electrons. The van der Waals surface area contributed by atoms with E-state index in [1.54, 1.807) is 0 Å². The molecule has 2 saturated heterocycles. The van der Waals surface area contributed by atoms with Crippen molar-refractivity contribution in [1.29, 1.82) is 0 Å². The van der Waals surface area contributed by atoms with Crippen LogP contribution in [0.3, 0.4) is 0 Å². The molecular formula is C16H22BrN3O4. The molecule has 0 radical (unpaired) electrons. The molecule has 2 amide bonds. The fraction of sp³-hybridized carbons (Fsp3) is 0.688. The number of oxazole rings is 1. The quantitative estimate of drug-likeness (QED) is 0.825. The van der Waals surface area contributed by atoms with Crippen LogP contribution in [0.2, 0.25) is 0 Å². The molecule has 0 spiro atoms. The van der Waals surface area contributed by atoms with E-state index >= 15 is 0 Å². The van der Waals surface area contributed by atoms with Crippen molar-refractivity contribution in [2.75, 3.05) is 0 Å². The zero-order valence-corrected chi connectivity index (χ0v) is 15.6. The summed E-state index contributed by atoms with van der Waals surface area (Å²) in [6.07, 6.45) is 4.33. The molecule has 24 heavy (non-hydrogen) atoms. The Balaban J connectivity index is 1.62. The first kappa shape index (κ1) is 17.3. The predicted octanol–water partition coefficient (Wildman–Crippen LogP) is 3.10. The maximum atomic E-state index is 12.6. The summed E-state index contributed by atoms with van der Waals surface area (Å²) in [4.78, 5) is 30.5. The van der Waals surface area contributed by atoms with Crippen LogP contribution in [0, 0.1) is 0 Å². The van der Waals surface area contributed by atoms with Gasteiger partial charge >= 0.3 is 12.0 Å². The number of rotatable bonds is 2. The highest BCUT2D eigenvalue weighted by molar-refractivity contribution is 9.10. The lowest BCUT2D eigenvalue weighted by atomic mass is 9.97. The number of piperidine rings is 1. The minimum Gasteiger partial charge on any atom is -0.444 e. The molecule has 2 fully saturated rings. The third-order valence-corrected chi connectivity index (χ3v) is 4.71. The van der Waals surface area contributed by atoms with Crippen LogP contribution in [-0.4, -0.2) is 45.6 Å². The number of carbonyl (C=O) groups is 2. The lowest BCUT2D eigenvalue weighted by Crippen LogP contribution is -2.53. The Kier molecular flexibility index (Phi) is 4.59. The van der Waals surface area contributed by atoms with Gasteiger partial charge in [-0.1, -0.05) is 0 Å². The summed E-state index contributed by atoms with van der Waals surface area (Å²) in [6.45, 7) is 5.52. The summed E-state index contributed by atoms with van der Waals surface area (Å²) in [5.74, 6) is -0.0683. The van der Waals surface area contributed by atoms with E-state index in [2.05, 4.69) is 26.2 Å². The number of nitrogens with zero attached hydrogens (tertiary/aromatic N) is 2. The number of alkyl carbamates (subject to hydrolysis) is 1. The van der Waals surface area contributed by atoms with Crippen molar-refractivity contribution >= 4 is 27.9 Å². The minimum absolute atomic E-state index is 0.0256. The molecular weight excluding hydrogens is 378 g/mol. The van der Waals surface area contributed by atoms with E-state index < -0.39 is 11.7 Å². The predicted molar refractivity (Wildman–Crippen MR) is 89.6 cm³/mol.